The first-order chi connectivity index (χ1) is 7.49. The van der Waals surface area contributed by atoms with Gasteiger partial charge in [-0.25, -0.2) is 0 Å². The van der Waals surface area contributed by atoms with Gasteiger partial charge in [0.1, 0.15) is 0 Å². The van der Waals surface area contributed by atoms with E-state index < -0.39 is 6.10 Å². The first kappa shape index (κ1) is 13.4. The molecule has 0 aromatic heterocycles. The Bertz CT molecular complexity index is 349. The summed E-state index contributed by atoms with van der Waals surface area (Å²) in [6, 6.07) is 7.37. The molecule has 1 aromatic rings. The van der Waals surface area contributed by atoms with Crippen LogP contribution < -0.4 is 5.32 Å². The highest BCUT2D eigenvalue weighted by Crippen LogP contribution is 2.07. The van der Waals surface area contributed by atoms with Crippen LogP contribution in [-0.4, -0.2) is 23.2 Å². The van der Waals surface area contributed by atoms with E-state index >= 15 is 0 Å². The number of aliphatic hydroxyl groups excluding tert-OH is 1. The number of carbonyl (C=O) groups excluding carboxylic acids is 1. The van der Waals surface area contributed by atoms with Crippen molar-refractivity contribution in [2.45, 2.75) is 32.4 Å². The summed E-state index contributed by atoms with van der Waals surface area (Å²) in [4.78, 5) is 11.8. The fourth-order valence-electron chi connectivity index (χ4n) is 1.48. The van der Waals surface area contributed by atoms with Crippen molar-refractivity contribution in [1.29, 1.82) is 0 Å². The Morgan fingerprint density at radius 3 is 2.44 bits per heavy atom. The van der Waals surface area contributed by atoms with E-state index in [1.165, 1.54) is 0 Å². The van der Waals surface area contributed by atoms with Gasteiger partial charge in [0.15, 0.2) is 0 Å². The minimum absolute atomic E-state index is 0.0215. The number of benzene rings is 1. The standard InChI is InChI=1S/C12H16INO2/c1-8(7-9(2)15)14-12(16)10-3-5-11(13)6-4-10/h3-6,8-9,15H,7H2,1-2H3,(H,14,16). The average molecular weight is 333 g/mol. The largest absolute Gasteiger partial charge is 0.393 e. The number of nitrogens with one attached hydrogen (secondary N) is 1. The molecule has 0 saturated carbocycles. The van der Waals surface area contributed by atoms with Crippen molar-refractivity contribution in [3.63, 3.8) is 0 Å². The summed E-state index contributed by atoms with van der Waals surface area (Å²) in [6.45, 7) is 3.60. The third-order valence-corrected chi connectivity index (χ3v) is 2.90. The highest BCUT2D eigenvalue weighted by atomic mass is 127. The summed E-state index contributed by atoms with van der Waals surface area (Å²) in [7, 11) is 0. The normalized spacial score (nSPS) is 14.2. The van der Waals surface area contributed by atoms with Crippen LogP contribution in [0.4, 0.5) is 0 Å². The van der Waals surface area contributed by atoms with Crippen molar-refractivity contribution in [2.24, 2.45) is 0 Å². The molecule has 4 heteroatoms. The van der Waals surface area contributed by atoms with Gasteiger partial charge in [0.05, 0.1) is 6.10 Å². The van der Waals surface area contributed by atoms with Gasteiger partial charge in [0, 0.05) is 15.2 Å². The van der Waals surface area contributed by atoms with Gasteiger partial charge < -0.3 is 10.4 Å². The molecule has 0 radical (unpaired) electrons. The first-order valence-electron chi connectivity index (χ1n) is 5.23. The number of hydrogen-bond acceptors (Lipinski definition) is 2. The van der Waals surface area contributed by atoms with Crippen LogP contribution in [-0.2, 0) is 0 Å². The molecule has 0 aliphatic carbocycles. The lowest BCUT2D eigenvalue weighted by Crippen LogP contribution is -2.34. The van der Waals surface area contributed by atoms with Gasteiger partial charge in [-0.3, -0.25) is 4.79 Å². The number of rotatable bonds is 4. The summed E-state index contributed by atoms with van der Waals surface area (Å²) < 4.78 is 1.10. The summed E-state index contributed by atoms with van der Waals surface area (Å²) in [5.74, 6) is -0.0930. The van der Waals surface area contributed by atoms with E-state index in [-0.39, 0.29) is 11.9 Å². The maximum Gasteiger partial charge on any atom is 0.251 e. The summed E-state index contributed by atoms with van der Waals surface area (Å²) in [5, 5.41) is 12.0. The van der Waals surface area contributed by atoms with E-state index in [1.807, 2.05) is 19.1 Å². The van der Waals surface area contributed by atoms with Gasteiger partial charge in [-0.05, 0) is 67.1 Å². The SMILES string of the molecule is CC(O)CC(C)NC(=O)c1ccc(I)cc1. The summed E-state index contributed by atoms with van der Waals surface area (Å²) in [6.07, 6.45) is 0.169. The zero-order valence-electron chi connectivity index (χ0n) is 9.40. The van der Waals surface area contributed by atoms with E-state index in [9.17, 15) is 9.90 Å². The second-order valence-corrected chi connectivity index (χ2v) is 5.21. The quantitative estimate of drug-likeness (QED) is 0.830. The maximum atomic E-state index is 11.8. The van der Waals surface area contributed by atoms with Crippen LogP contribution in [0.15, 0.2) is 24.3 Å². The molecular weight excluding hydrogens is 317 g/mol. The Hall–Kier alpha value is -0.620. The third-order valence-electron chi connectivity index (χ3n) is 2.18. The molecular formula is C12H16INO2. The molecule has 0 aliphatic heterocycles. The zero-order valence-corrected chi connectivity index (χ0v) is 11.6. The molecule has 0 bridgehead atoms. The number of hydrogen-bond donors (Lipinski definition) is 2. The Balaban J connectivity index is 2.55. The molecule has 3 nitrogen and oxygen atoms in total. The summed E-state index contributed by atoms with van der Waals surface area (Å²) >= 11 is 2.20. The van der Waals surface area contributed by atoms with Crippen molar-refractivity contribution in [3.05, 3.63) is 33.4 Å². The van der Waals surface area contributed by atoms with Crippen LogP contribution in [0, 0.1) is 3.57 Å². The molecule has 2 N–H and O–H groups in total. The van der Waals surface area contributed by atoms with Crippen molar-refractivity contribution < 1.29 is 9.90 Å². The average Bonchev–Trinajstić information content (AvgIpc) is 2.16. The number of amides is 1. The smallest absolute Gasteiger partial charge is 0.251 e. The second kappa shape index (κ2) is 6.20. The number of halogens is 1. The second-order valence-electron chi connectivity index (χ2n) is 3.97. The lowest BCUT2D eigenvalue weighted by atomic mass is 10.1. The first-order valence-corrected chi connectivity index (χ1v) is 6.31. The van der Waals surface area contributed by atoms with Gasteiger partial charge >= 0.3 is 0 Å². The van der Waals surface area contributed by atoms with Crippen molar-refractivity contribution in [3.8, 4) is 0 Å². The third kappa shape index (κ3) is 4.49. The van der Waals surface area contributed by atoms with E-state index in [0.717, 1.165) is 3.57 Å². The highest BCUT2D eigenvalue weighted by molar-refractivity contribution is 14.1. The molecule has 1 aromatic carbocycles. The fraction of sp³-hybridized carbons (Fsp3) is 0.417. The van der Waals surface area contributed by atoms with Crippen molar-refractivity contribution in [1.82, 2.24) is 5.32 Å². The lowest BCUT2D eigenvalue weighted by Gasteiger charge is -2.15. The molecule has 1 amide bonds. The molecule has 0 heterocycles. The van der Waals surface area contributed by atoms with Gasteiger partial charge in [0.2, 0.25) is 0 Å². The Morgan fingerprint density at radius 2 is 1.94 bits per heavy atom. The molecule has 0 fully saturated rings. The monoisotopic (exact) mass is 333 g/mol. The highest BCUT2D eigenvalue weighted by Gasteiger charge is 2.11. The van der Waals surface area contributed by atoms with Crippen molar-refractivity contribution >= 4 is 28.5 Å². The minimum Gasteiger partial charge on any atom is -0.393 e. The minimum atomic E-state index is -0.396. The summed E-state index contributed by atoms with van der Waals surface area (Å²) in [5.41, 5.74) is 0.651. The molecule has 0 saturated heterocycles. The fourth-order valence-corrected chi connectivity index (χ4v) is 1.84. The van der Waals surface area contributed by atoms with Crippen molar-refractivity contribution in [2.75, 3.05) is 0 Å². The Morgan fingerprint density at radius 1 is 1.38 bits per heavy atom. The molecule has 16 heavy (non-hydrogen) atoms. The predicted molar refractivity (Wildman–Crippen MR) is 72.4 cm³/mol. The Labute approximate surface area is 109 Å². The van der Waals surface area contributed by atoms with Gasteiger partial charge in [0.25, 0.3) is 5.91 Å². The zero-order chi connectivity index (χ0) is 12.1. The van der Waals surface area contributed by atoms with E-state index in [4.69, 9.17) is 0 Å². The van der Waals surface area contributed by atoms with Crippen LogP contribution in [0.2, 0.25) is 0 Å². The lowest BCUT2D eigenvalue weighted by molar-refractivity contribution is 0.0923. The van der Waals surface area contributed by atoms with Crippen LogP contribution >= 0.6 is 22.6 Å². The molecule has 2 atom stereocenters. The molecule has 0 spiro atoms. The van der Waals surface area contributed by atoms with E-state index in [0.29, 0.717) is 12.0 Å². The van der Waals surface area contributed by atoms with Gasteiger partial charge in [-0.2, -0.15) is 0 Å². The van der Waals surface area contributed by atoms with Crippen LogP contribution in [0.1, 0.15) is 30.6 Å². The Kier molecular flexibility index (Phi) is 5.21. The predicted octanol–water partition coefficient (Wildman–Crippen LogP) is 2.18. The molecule has 0 aliphatic rings. The molecule has 88 valence electrons. The maximum absolute atomic E-state index is 11.8. The van der Waals surface area contributed by atoms with Crippen LogP contribution in [0.3, 0.4) is 0 Å². The van der Waals surface area contributed by atoms with Crippen LogP contribution in [0.5, 0.6) is 0 Å². The van der Waals surface area contributed by atoms with Gasteiger partial charge in [-0.1, -0.05) is 0 Å². The van der Waals surface area contributed by atoms with Crippen LogP contribution in [0.25, 0.3) is 0 Å². The topological polar surface area (TPSA) is 49.3 Å². The van der Waals surface area contributed by atoms with Gasteiger partial charge in [-0.15, -0.1) is 0 Å². The molecule has 2 unspecified atom stereocenters. The molecule has 1 rings (SSSR count). The van der Waals surface area contributed by atoms with E-state index in [1.54, 1.807) is 19.1 Å². The van der Waals surface area contributed by atoms with E-state index in [2.05, 4.69) is 27.9 Å². The number of aliphatic hydroxyl groups is 1. The number of carbonyl (C=O) groups is 1.